The van der Waals surface area contributed by atoms with Gasteiger partial charge in [0.05, 0.1) is 16.7 Å². The second-order valence-electron chi connectivity index (χ2n) is 10.3. The monoisotopic (exact) mass is 580 g/mol. The van der Waals surface area contributed by atoms with Gasteiger partial charge in [0, 0.05) is 23.9 Å². The first kappa shape index (κ1) is 27.9. The molecule has 0 saturated carbocycles. The van der Waals surface area contributed by atoms with Crippen LogP contribution < -0.4 is 24.6 Å². The summed E-state index contributed by atoms with van der Waals surface area (Å²) >= 11 is 0. The van der Waals surface area contributed by atoms with Crippen molar-refractivity contribution < 1.29 is 23.8 Å². The molecule has 8 heteroatoms. The largest absolute Gasteiger partial charge is 0.464 e. The van der Waals surface area contributed by atoms with E-state index in [1.54, 1.807) is 6.07 Å². The first-order chi connectivity index (χ1) is 20.3. The Bertz CT molecular complexity index is 1850. The maximum Gasteiger partial charge on any atom is 0.356 e. The minimum atomic E-state index is -4.33. The van der Waals surface area contributed by atoms with Crippen LogP contribution in [0.15, 0.2) is 109 Å². The van der Waals surface area contributed by atoms with Gasteiger partial charge in [-0.05, 0) is 74.0 Å². The number of ether oxygens (including phenoxy) is 2. The highest BCUT2D eigenvalue weighted by Gasteiger charge is 2.30. The van der Waals surface area contributed by atoms with Crippen molar-refractivity contribution in [1.29, 1.82) is 0 Å². The highest BCUT2D eigenvalue weighted by Crippen LogP contribution is 2.45. The molecule has 4 aromatic rings. The lowest BCUT2D eigenvalue weighted by molar-refractivity contribution is 0.277. The number of anilines is 2. The molecule has 0 aromatic heterocycles. The van der Waals surface area contributed by atoms with Gasteiger partial charge >= 0.3 is 7.60 Å². The van der Waals surface area contributed by atoms with Crippen LogP contribution in [0, 0.1) is 6.92 Å². The van der Waals surface area contributed by atoms with Crippen molar-refractivity contribution in [2.45, 2.75) is 27.0 Å². The highest BCUT2D eigenvalue weighted by molar-refractivity contribution is 7.60. The van der Waals surface area contributed by atoms with Gasteiger partial charge in [-0.1, -0.05) is 66.3 Å². The summed E-state index contributed by atoms with van der Waals surface area (Å²) in [6.45, 7) is 7.84. The maximum atomic E-state index is 11.7. The summed E-state index contributed by atoms with van der Waals surface area (Å²) in [5.74, 6) is 2.32. The van der Waals surface area contributed by atoms with E-state index in [4.69, 9.17) is 9.47 Å². The van der Waals surface area contributed by atoms with E-state index in [1.807, 2.05) is 48.6 Å². The molecule has 0 fully saturated rings. The minimum absolute atomic E-state index is 0.00479. The van der Waals surface area contributed by atoms with E-state index in [0.717, 1.165) is 39.8 Å². The fraction of sp³-hybridized carbons (Fsp3) is 0.176. The predicted molar refractivity (Wildman–Crippen MR) is 171 cm³/mol. The Hall–Kier alpha value is -4.29. The van der Waals surface area contributed by atoms with Crippen molar-refractivity contribution >= 4 is 45.8 Å². The van der Waals surface area contributed by atoms with Crippen LogP contribution in [-0.4, -0.2) is 29.1 Å². The second kappa shape index (κ2) is 11.2. The molecule has 0 aliphatic carbocycles. The fourth-order valence-corrected chi connectivity index (χ4v) is 6.15. The van der Waals surface area contributed by atoms with Gasteiger partial charge in [0.15, 0.2) is 17.7 Å². The Morgan fingerprint density at radius 1 is 0.810 bits per heavy atom. The van der Waals surface area contributed by atoms with Crippen molar-refractivity contribution in [3.63, 3.8) is 0 Å². The van der Waals surface area contributed by atoms with E-state index < -0.39 is 7.60 Å². The number of hydrogen-bond acceptors (Lipinski definition) is 5. The molecule has 6 rings (SSSR count). The van der Waals surface area contributed by atoms with Crippen LogP contribution in [0.3, 0.4) is 0 Å². The maximum absolute atomic E-state index is 11.7. The summed E-state index contributed by atoms with van der Waals surface area (Å²) in [7, 11) is -4.33. The molecule has 0 spiro atoms. The summed E-state index contributed by atoms with van der Waals surface area (Å²) in [5.41, 5.74) is 3.28. The quantitative estimate of drug-likeness (QED) is 0.179. The fourth-order valence-electron chi connectivity index (χ4n) is 5.57. The van der Waals surface area contributed by atoms with Gasteiger partial charge in [-0.25, -0.2) is 0 Å². The molecular formula is C34H33N2O5P. The van der Waals surface area contributed by atoms with Crippen LogP contribution in [0.4, 0.5) is 11.4 Å². The molecule has 42 heavy (non-hydrogen) atoms. The molecule has 0 bridgehead atoms. The van der Waals surface area contributed by atoms with Crippen molar-refractivity contribution in [1.82, 2.24) is 0 Å². The number of nitrogens with zero attached hydrogens (tertiary/aromatic N) is 2. The Morgan fingerprint density at radius 3 is 2.26 bits per heavy atom. The minimum Gasteiger partial charge on any atom is -0.464 e. The van der Waals surface area contributed by atoms with Crippen LogP contribution in [0.2, 0.25) is 0 Å². The van der Waals surface area contributed by atoms with Gasteiger partial charge in [0.2, 0.25) is 5.88 Å². The zero-order valence-electron chi connectivity index (χ0n) is 23.8. The average molecular weight is 581 g/mol. The third-order valence-electron chi connectivity index (χ3n) is 7.61. The van der Waals surface area contributed by atoms with Gasteiger partial charge in [-0.2, -0.15) is 0 Å². The zero-order valence-corrected chi connectivity index (χ0v) is 24.7. The average Bonchev–Trinajstić information content (AvgIpc) is 3.53. The number of benzene rings is 4. The van der Waals surface area contributed by atoms with Crippen LogP contribution in [-0.2, 0) is 4.57 Å². The summed E-state index contributed by atoms with van der Waals surface area (Å²) in [5, 5.41) is 3.84. The summed E-state index contributed by atoms with van der Waals surface area (Å²) in [6, 6.07) is 19.2. The first-order valence-corrected chi connectivity index (χ1v) is 15.7. The number of hydrogen-bond donors (Lipinski definition) is 2. The molecule has 7 nitrogen and oxygen atoms in total. The van der Waals surface area contributed by atoms with E-state index in [0.29, 0.717) is 18.2 Å². The number of likely N-dealkylation sites (N-methyl/N-ethyl adjacent to an activating group) is 1. The van der Waals surface area contributed by atoms with Crippen molar-refractivity contribution in [3.8, 4) is 11.5 Å². The van der Waals surface area contributed by atoms with Crippen LogP contribution in [0.25, 0.3) is 21.5 Å². The van der Waals surface area contributed by atoms with E-state index >= 15 is 0 Å². The van der Waals surface area contributed by atoms with E-state index in [9.17, 15) is 14.4 Å². The number of rotatable bonds is 7. The van der Waals surface area contributed by atoms with Gasteiger partial charge < -0.3 is 29.1 Å². The molecule has 2 N–H and O–H groups in total. The third-order valence-corrected chi connectivity index (χ3v) is 8.56. The molecule has 0 amide bonds. The SMILES string of the molecule is CCN1/C(=C/C=C/C=C/C=C/C2Oc3c(ccc4cc(C)ccc34)N2CC)Oc2c1ccc1cc(P(=O)(O)O)ccc21. The Balaban J connectivity index is 1.14. The third kappa shape index (κ3) is 5.12. The van der Waals surface area contributed by atoms with E-state index in [-0.39, 0.29) is 11.5 Å². The Labute approximate surface area is 245 Å². The second-order valence-corrected chi connectivity index (χ2v) is 11.9. The van der Waals surface area contributed by atoms with Crippen LogP contribution in [0.5, 0.6) is 11.5 Å². The van der Waals surface area contributed by atoms with Crippen molar-refractivity contribution in [2.24, 2.45) is 0 Å². The molecule has 2 heterocycles. The summed E-state index contributed by atoms with van der Waals surface area (Å²) in [4.78, 5) is 23.4. The van der Waals surface area contributed by atoms with Crippen LogP contribution >= 0.6 is 7.60 Å². The molecule has 214 valence electrons. The van der Waals surface area contributed by atoms with E-state index in [2.05, 4.69) is 67.0 Å². The molecule has 4 aromatic carbocycles. The van der Waals surface area contributed by atoms with Gasteiger partial charge in [-0.3, -0.25) is 4.57 Å². The zero-order chi connectivity index (χ0) is 29.4. The van der Waals surface area contributed by atoms with E-state index in [1.165, 1.54) is 23.1 Å². The van der Waals surface area contributed by atoms with Crippen molar-refractivity contribution in [3.05, 3.63) is 115 Å². The Morgan fingerprint density at radius 2 is 1.50 bits per heavy atom. The standard InChI is InChI=1S/C34H33N2O5P/c1-4-35-29-19-14-24-21-23(3)13-17-27(24)33(29)40-31(35)11-9-7-6-8-10-12-32-36(5-2)30-20-15-25-22-26(42(37,38)39)16-18-28(25)34(30)41-32/h6-22,31H,4-5H2,1-3H3,(H2,37,38,39)/b7-6+,10-8+,11-9+,32-12-. The lowest BCUT2D eigenvalue weighted by atomic mass is 10.1. The molecule has 1 unspecified atom stereocenters. The normalized spacial score (nSPS) is 17.7. The highest BCUT2D eigenvalue weighted by atomic mass is 31.2. The number of fused-ring (bicyclic) bond motifs is 6. The lowest BCUT2D eigenvalue weighted by Gasteiger charge is -2.20. The number of allylic oxidation sites excluding steroid dienone is 6. The smallest absolute Gasteiger partial charge is 0.356 e. The molecule has 0 saturated heterocycles. The topological polar surface area (TPSA) is 82.5 Å². The first-order valence-electron chi connectivity index (χ1n) is 14.0. The molecule has 1 atom stereocenters. The number of aryl methyl sites for hydroxylation is 1. The summed E-state index contributed by atoms with van der Waals surface area (Å²) in [6.07, 6.45) is 13.6. The molecular weight excluding hydrogens is 547 g/mol. The van der Waals surface area contributed by atoms with Gasteiger partial charge in [-0.15, -0.1) is 0 Å². The summed E-state index contributed by atoms with van der Waals surface area (Å²) < 4.78 is 24.3. The molecule has 2 aliphatic heterocycles. The van der Waals surface area contributed by atoms with Crippen molar-refractivity contribution in [2.75, 3.05) is 22.9 Å². The van der Waals surface area contributed by atoms with Gasteiger partial charge in [0.25, 0.3) is 0 Å². The molecule has 2 aliphatic rings. The van der Waals surface area contributed by atoms with Crippen LogP contribution in [0.1, 0.15) is 19.4 Å². The Kier molecular flexibility index (Phi) is 7.42. The predicted octanol–water partition coefficient (Wildman–Crippen LogP) is 7.08. The molecule has 0 radical (unpaired) electrons. The lowest BCUT2D eigenvalue weighted by Crippen LogP contribution is -2.32. The van der Waals surface area contributed by atoms with Gasteiger partial charge in [0.1, 0.15) is 0 Å².